The van der Waals surface area contributed by atoms with Gasteiger partial charge in [-0.15, -0.1) is 0 Å². The highest BCUT2D eigenvalue weighted by molar-refractivity contribution is 5.86. The van der Waals surface area contributed by atoms with Crippen LogP contribution in [0.15, 0.2) is 34.3 Å². The van der Waals surface area contributed by atoms with Gasteiger partial charge in [0.25, 0.3) is 0 Å². The zero-order valence-electron chi connectivity index (χ0n) is 34.5. The Hall–Kier alpha value is -2.62. The van der Waals surface area contributed by atoms with Gasteiger partial charge < -0.3 is 10.2 Å². The van der Waals surface area contributed by atoms with Crippen LogP contribution >= 0.6 is 0 Å². The fraction of sp³-hybridized carbons (Fsp3) is 0.720. The van der Waals surface area contributed by atoms with E-state index in [2.05, 4.69) is 65.8 Å². The second-order valence-electron chi connectivity index (χ2n) is 22.2. The predicted octanol–water partition coefficient (Wildman–Crippen LogP) is 11.8. The first-order valence-corrected chi connectivity index (χ1v) is 22.5. The van der Waals surface area contributed by atoms with Crippen molar-refractivity contribution in [3.63, 3.8) is 0 Å². The van der Waals surface area contributed by atoms with Gasteiger partial charge in [0.15, 0.2) is 0 Å². The Morgan fingerprint density at radius 3 is 1.17 bits per heavy atom. The molecule has 9 aliphatic carbocycles. The molecule has 2 atom stereocenters. The smallest absolute Gasteiger partial charge is 0.127 e. The molecule has 9 fully saturated rings. The third-order valence-corrected chi connectivity index (χ3v) is 16.4. The highest BCUT2D eigenvalue weighted by Crippen LogP contribution is 2.59. The Kier molecular flexibility index (Phi) is 9.65. The molecule has 4 nitrogen and oxygen atoms in total. The minimum Gasteiger partial charge on any atom is -0.507 e. The van der Waals surface area contributed by atoms with Crippen molar-refractivity contribution in [2.45, 2.75) is 167 Å². The summed E-state index contributed by atoms with van der Waals surface area (Å²) in [6, 6.07) is 9.17. The van der Waals surface area contributed by atoms with E-state index in [1.807, 2.05) is 12.4 Å². The van der Waals surface area contributed by atoms with E-state index in [1.165, 1.54) is 75.3 Å². The summed E-state index contributed by atoms with van der Waals surface area (Å²) in [5.74, 6) is 9.55. The number of benzene rings is 2. The molecular formula is C50H70N2O2. The molecule has 0 heterocycles. The Balaban J connectivity index is 0.963. The van der Waals surface area contributed by atoms with Crippen LogP contribution in [-0.4, -0.2) is 34.7 Å². The van der Waals surface area contributed by atoms with E-state index in [9.17, 15) is 10.2 Å². The number of phenolic OH excluding ortho intramolecular Hbond substituents is 2. The van der Waals surface area contributed by atoms with Crippen LogP contribution in [0, 0.1) is 59.2 Å². The average molecular weight is 731 g/mol. The normalized spacial score (nSPS) is 37.3. The minimum absolute atomic E-state index is 0.00860. The Bertz CT molecular complexity index is 1590. The average Bonchev–Trinajstić information content (AvgIpc) is 3.10. The summed E-state index contributed by atoms with van der Waals surface area (Å²) < 4.78 is 0. The summed E-state index contributed by atoms with van der Waals surface area (Å²) in [5, 5.41) is 23.7. The number of nitrogens with zero attached hydrogens (tertiary/aromatic N) is 2. The zero-order chi connectivity index (χ0) is 37.5. The monoisotopic (exact) mass is 731 g/mol. The second-order valence-corrected chi connectivity index (χ2v) is 22.2. The van der Waals surface area contributed by atoms with E-state index >= 15 is 0 Å². The third-order valence-electron chi connectivity index (χ3n) is 16.4. The molecule has 9 aliphatic rings. The largest absolute Gasteiger partial charge is 0.507 e. The van der Waals surface area contributed by atoms with Gasteiger partial charge in [-0.1, -0.05) is 66.5 Å². The van der Waals surface area contributed by atoms with Crippen LogP contribution in [-0.2, 0) is 23.7 Å². The number of phenols is 2. The minimum atomic E-state index is -0.00860. The molecule has 9 saturated carbocycles. The van der Waals surface area contributed by atoms with Gasteiger partial charge in [-0.05, 0) is 194 Å². The van der Waals surface area contributed by atoms with Gasteiger partial charge in [-0.2, -0.15) is 0 Å². The first-order chi connectivity index (χ1) is 25.7. The Labute approximate surface area is 327 Å². The summed E-state index contributed by atoms with van der Waals surface area (Å²) in [4.78, 5) is 10.5. The highest BCUT2D eigenvalue weighted by Gasteiger charge is 2.49. The molecule has 2 N–H and O–H groups in total. The molecule has 4 heteroatoms. The van der Waals surface area contributed by atoms with Gasteiger partial charge in [-0.3, -0.25) is 9.98 Å². The number of hydrogen-bond donors (Lipinski definition) is 2. The molecular weight excluding hydrogens is 661 g/mol. The van der Waals surface area contributed by atoms with Crippen LogP contribution in [0.3, 0.4) is 0 Å². The Morgan fingerprint density at radius 2 is 0.852 bits per heavy atom. The summed E-state index contributed by atoms with van der Waals surface area (Å²) in [7, 11) is 0. The maximum Gasteiger partial charge on any atom is 0.127 e. The second kappa shape index (κ2) is 14.1. The van der Waals surface area contributed by atoms with E-state index < -0.39 is 0 Å². The van der Waals surface area contributed by atoms with Gasteiger partial charge >= 0.3 is 0 Å². The van der Waals surface area contributed by atoms with Gasteiger partial charge in [0.05, 0.1) is 12.1 Å². The van der Waals surface area contributed by atoms with Crippen molar-refractivity contribution in [1.29, 1.82) is 0 Å². The van der Waals surface area contributed by atoms with Crippen LogP contribution in [0.4, 0.5) is 0 Å². The van der Waals surface area contributed by atoms with E-state index in [-0.39, 0.29) is 22.9 Å². The molecule has 0 aromatic heterocycles. The predicted molar refractivity (Wildman–Crippen MR) is 223 cm³/mol. The molecule has 2 aromatic rings. The molecule has 0 radical (unpaired) electrons. The quantitative estimate of drug-likeness (QED) is 0.266. The van der Waals surface area contributed by atoms with Crippen LogP contribution in [0.25, 0.3) is 0 Å². The molecule has 292 valence electrons. The lowest BCUT2D eigenvalue weighted by molar-refractivity contribution is -0.0362. The van der Waals surface area contributed by atoms with Crippen molar-refractivity contribution in [2.24, 2.45) is 69.2 Å². The molecule has 0 amide bonds. The Morgan fingerprint density at radius 1 is 0.519 bits per heavy atom. The summed E-state index contributed by atoms with van der Waals surface area (Å²) >= 11 is 0. The number of rotatable bonds is 8. The lowest BCUT2D eigenvalue weighted by Gasteiger charge is -2.54. The third kappa shape index (κ3) is 7.24. The van der Waals surface area contributed by atoms with Crippen LogP contribution < -0.4 is 0 Å². The summed E-state index contributed by atoms with van der Waals surface area (Å²) in [5.41, 5.74) is 6.58. The van der Waals surface area contributed by atoms with E-state index in [0.29, 0.717) is 23.3 Å². The highest BCUT2D eigenvalue weighted by atomic mass is 16.3. The first-order valence-electron chi connectivity index (χ1n) is 22.5. The van der Waals surface area contributed by atoms with Gasteiger partial charge in [0, 0.05) is 23.6 Å². The lowest BCUT2D eigenvalue weighted by Crippen LogP contribution is -2.45. The fourth-order valence-corrected chi connectivity index (χ4v) is 13.9. The van der Waals surface area contributed by atoms with Crippen molar-refractivity contribution in [3.8, 4) is 11.5 Å². The van der Waals surface area contributed by atoms with Crippen molar-refractivity contribution in [2.75, 3.05) is 0 Å². The van der Waals surface area contributed by atoms with Crippen molar-refractivity contribution < 1.29 is 10.2 Å². The molecule has 8 bridgehead atoms. The molecule has 2 unspecified atom stereocenters. The topological polar surface area (TPSA) is 65.2 Å². The SMILES string of the molecule is CC(C)(C)c1cc(C=NC2CCCCC2N=Cc2cc(C(C)(C)C)cc(CC3C4CC5CC(C4)CC3C5)c2O)c(O)c(CC2C3CC4CC(C3)CC2C4)c1. The summed E-state index contributed by atoms with van der Waals surface area (Å²) in [6.45, 7) is 13.7. The standard InChI is InChI=1S/C50H70N2O2/c1-49(2,3)41-21-37(25-43-33-13-29-11-30(15-33)16-34(43)14-29)47(53)39(23-41)27-51-45-9-7-8-10-46(45)52-28-40-24-42(50(4,5)6)22-38(48(40)54)26-44-35-17-31-12-32(19-35)20-36(44)18-31/h21-24,27-36,43-46,53-54H,7-20,25-26H2,1-6H3. The molecule has 0 aliphatic heterocycles. The van der Waals surface area contributed by atoms with Crippen molar-refractivity contribution in [1.82, 2.24) is 0 Å². The molecule has 0 spiro atoms. The molecule has 0 saturated heterocycles. The van der Waals surface area contributed by atoms with Crippen LogP contribution in [0.2, 0.25) is 0 Å². The van der Waals surface area contributed by atoms with Gasteiger partial charge in [0.2, 0.25) is 0 Å². The summed E-state index contributed by atoms with van der Waals surface area (Å²) in [6.07, 6.45) is 24.6. The fourth-order valence-electron chi connectivity index (χ4n) is 13.9. The van der Waals surface area contributed by atoms with Crippen LogP contribution in [0.1, 0.15) is 165 Å². The van der Waals surface area contributed by atoms with E-state index in [1.54, 1.807) is 0 Å². The zero-order valence-corrected chi connectivity index (χ0v) is 34.5. The van der Waals surface area contributed by atoms with E-state index in [4.69, 9.17) is 9.98 Å². The maximum absolute atomic E-state index is 11.9. The molecule has 2 aromatic carbocycles. The van der Waals surface area contributed by atoms with Gasteiger partial charge in [-0.25, -0.2) is 0 Å². The van der Waals surface area contributed by atoms with Crippen molar-refractivity contribution in [3.05, 3.63) is 57.6 Å². The molecule has 11 rings (SSSR count). The van der Waals surface area contributed by atoms with Crippen LogP contribution in [0.5, 0.6) is 11.5 Å². The number of aliphatic imine (C=N–C) groups is 2. The first kappa shape index (κ1) is 37.0. The number of hydrogen-bond acceptors (Lipinski definition) is 4. The molecule has 54 heavy (non-hydrogen) atoms. The lowest BCUT2D eigenvalue weighted by atomic mass is 9.51. The van der Waals surface area contributed by atoms with Crippen molar-refractivity contribution >= 4 is 12.4 Å². The van der Waals surface area contributed by atoms with Gasteiger partial charge in [0.1, 0.15) is 11.5 Å². The number of aromatic hydroxyl groups is 2. The van der Waals surface area contributed by atoms with E-state index in [0.717, 1.165) is 108 Å². The maximum atomic E-state index is 11.9.